The van der Waals surface area contributed by atoms with Gasteiger partial charge in [-0.2, -0.15) is 0 Å². The molecule has 88 valence electrons. The summed E-state index contributed by atoms with van der Waals surface area (Å²) in [6.07, 6.45) is 3.00. The Hall–Kier alpha value is -1.69. The van der Waals surface area contributed by atoms with Crippen LogP contribution in [-0.2, 0) is 0 Å². The molecule has 17 heavy (non-hydrogen) atoms. The molecular weight excluding hydrogens is 244 g/mol. The Balaban J connectivity index is 2.40. The summed E-state index contributed by atoms with van der Waals surface area (Å²) in [7, 11) is 0. The van der Waals surface area contributed by atoms with E-state index in [1.807, 2.05) is 0 Å². The lowest BCUT2D eigenvalue weighted by Gasteiger charge is -2.06. The van der Waals surface area contributed by atoms with Crippen molar-refractivity contribution < 1.29 is 8.78 Å². The van der Waals surface area contributed by atoms with E-state index in [4.69, 9.17) is 5.73 Å². The van der Waals surface area contributed by atoms with Gasteiger partial charge in [-0.05, 0) is 19.1 Å². The number of nitrogens with zero attached hydrogens (tertiary/aromatic N) is 2. The van der Waals surface area contributed by atoms with E-state index in [-0.39, 0.29) is 10.6 Å². The van der Waals surface area contributed by atoms with Gasteiger partial charge in [-0.1, -0.05) is 11.8 Å². The number of anilines is 1. The Kier molecular flexibility index (Phi) is 3.23. The molecule has 0 aliphatic rings. The van der Waals surface area contributed by atoms with Crippen molar-refractivity contribution in [1.29, 1.82) is 0 Å². The Morgan fingerprint density at radius 2 is 1.71 bits per heavy atom. The van der Waals surface area contributed by atoms with E-state index in [1.165, 1.54) is 12.4 Å². The van der Waals surface area contributed by atoms with Gasteiger partial charge in [0.15, 0.2) is 0 Å². The smallest absolute Gasteiger partial charge is 0.142 e. The first-order valence-corrected chi connectivity index (χ1v) is 5.59. The number of hydrogen-bond acceptors (Lipinski definition) is 4. The highest BCUT2D eigenvalue weighted by molar-refractivity contribution is 7.99. The fourth-order valence-electron chi connectivity index (χ4n) is 1.27. The first-order chi connectivity index (χ1) is 8.08. The number of benzene rings is 1. The maximum absolute atomic E-state index is 13.5. The quantitative estimate of drug-likeness (QED) is 0.836. The largest absolute Gasteiger partial charge is 0.399 e. The molecule has 1 aromatic carbocycles. The van der Waals surface area contributed by atoms with Crippen LogP contribution in [0.2, 0.25) is 0 Å². The number of nitrogen functional groups attached to an aromatic ring is 1. The molecule has 0 unspecified atom stereocenters. The molecule has 0 aliphatic heterocycles. The summed E-state index contributed by atoms with van der Waals surface area (Å²) in [4.78, 5) is 7.89. The molecule has 0 bridgehead atoms. The molecule has 0 aliphatic carbocycles. The van der Waals surface area contributed by atoms with Crippen LogP contribution in [0.5, 0.6) is 0 Å². The van der Waals surface area contributed by atoms with Crippen LogP contribution in [0.25, 0.3) is 0 Å². The van der Waals surface area contributed by atoms with Crippen LogP contribution in [0.1, 0.15) is 5.69 Å². The molecule has 0 atom stereocenters. The zero-order valence-corrected chi connectivity index (χ0v) is 9.76. The third-order valence-electron chi connectivity index (χ3n) is 2.06. The average Bonchev–Trinajstić information content (AvgIpc) is 2.25. The minimum absolute atomic E-state index is 0.0558. The van der Waals surface area contributed by atoms with Gasteiger partial charge in [-0.15, -0.1) is 0 Å². The predicted octanol–water partition coefficient (Wildman–Crippen LogP) is 2.80. The Morgan fingerprint density at radius 1 is 1.12 bits per heavy atom. The van der Waals surface area contributed by atoms with Crippen molar-refractivity contribution in [2.45, 2.75) is 16.8 Å². The lowest BCUT2D eigenvalue weighted by atomic mass is 10.3. The molecular formula is C11H9F2N3S. The summed E-state index contributed by atoms with van der Waals surface area (Å²) in [6.45, 7) is 1.72. The monoisotopic (exact) mass is 253 g/mol. The molecule has 3 nitrogen and oxygen atoms in total. The topological polar surface area (TPSA) is 51.8 Å². The zero-order chi connectivity index (χ0) is 12.4. The van der Waals surface area contributed by atoms with Gasteiger partial charge < -0.3 is 5.73 Å². The highest BCUT2D eigenvalue weighted by atomic mass is 32.2. The van der Waals surface area contributed by atoms with Gasteiger partial charge in [-0.25, -0.2) is 13.8 Å². The third-order valence-corrected chi connectivity index (χ3v) is 3.24. The van der Waals surface area contributed by atoms with E-state index in [2.05, 4.69) is 9.97 Å². The second kappa shape index (κ2) is 4.67. The number of halogens is 2. The highest BCUT2D eigenvalue weighted by Gasteiger charge is 2.14. The lowest BCUT2D eigenvalue weighted by molar-refractivity contribution is 0.541. The third kappa shape index (κ3) is 2.52. The molecule has 2 rings (SSSR count). The zero-order valence-electron chi connectivity index (χ0n) is 8.95. The molecule has 2 aromatic rings. The second-order valence-electron chi connectivity index (χ2n) is 3.36. The van der Waals surface area contributed by atoms with Gasteiger partial charge in [0.1, 0.15) is 16.7 Å². The second-order valence-corrected chi connectivity index (χ2v) is 4.36. The minimum atomic E-state index is -0.697. The van der Waals surface area contributed by atoms with Gasteiger partial charge in [0.2, 0.25) is 0 Å². The standard InChI is InChI=1S/C11H9F2N3S/c1-6-11(16-3-2-15-6)17-10-8(12)4-7(14)5-9(10)13/h2-5H,14H2,1H3. The summed E-state index contributed by atoms with van der Waals surface area (Å²) < 4.78 is 27.1. The van der Waals surface area contributed by atoms with Gasteiger partial charge in [0.05, 0.1) is 10.6 Å². The van der Waals surface area contributed by atoms with Crippen LogP contribution in [-0.4, -0.2) is 9.97 Å². The SMILES string of the molecule is Cc1nccnc1Sc1c(F)cc(N)cc1F. The molecule has 1 heterocycles. The Morgan fingerprint density at radius 3 is 2.29 bits per heavy atom. The van der Waals surface area contributed by atoms with Crippen LogP contribution in [0.15, 0.2) is 34.4 Å². The van der Waals surface area contributed by atoms with Gasteiger partial charge in [0, 0.05) is 18.1 Å². The molecule has 0 saturated carbocycles. The van der Waals surface area contributed by atoms with Crippen LogP contribution in [0.4, 0.5) is 14.5 Å². The van der Waals surface area contributed by atoms with Crippen molar-refractivity contribution in [3.63, 3.8) is 0 Å². The summed E-state index contributed by atoms with van der Waals surface area (Å²) in [5.41, 5.74) is 6.01. The normalized spacial score (nSPS) is 10.5. The summed E-state index contributed by atoms with van der Waals surface area (Å²) in [5, 5.41) is 0.468. The molecule has 0 spiro atoms. The summed E-state index contributed by atoms with van der Waals surface area (Å²) >= 11 is 0.897. The highest BCUT2D eigenvalue weighted by Crippen LogP contribution is 2.32. The van der Waals surface area contributed by atoms with Crippen LogP contribution >= 0.6 is 11.8 Å². The van der Waals surface area contributed by atoms with E-state index in [0.29, 0.717) is 10.7 Å². The molecule has 0 amide bonds. The van der Waals surface area contributed by atoms with Crippen molar-refractivity contribution in [2.24, 2.45) is 0 Å². The van der Waals surface area contributed by atoms with E-state index in [0.717, 1.165) is 23.9 Å². The first kappa shape index (κ1) is 11.8. The van der Waals surface area contributed by atoms with Crippen molar-refractivity contribution >= 4 is 17.4 Å². The maximum atomic E-state index is 13.5. The van der Waals surface area contributed by atoms with Crippen LogP contribution in [0, 0.1) is 18.6 Å². The maximum Gasteiger partial charge on any atom is 0.142 e. The van der Waals surface area contributed by atoms with Crippen molar-refractivity contribution in [3.8, 4) is 0 Å². The molecule has 0 saturated heterocycles. The van der Waals surface area contributed by atoms with Crippen LogP contribution in [0.3, 0.4) is 0 Å². The lowest BCUT2D eigenvalue weighted by Crippen LogP contribution is -1.95. The van der Waals surface area contributed by atoms with Crippen molar-refractivity contribution in [3.05, 3.63) is 41.9 Å². The van der Waals surface area contributed by atoms with Gasteiger partial charge in [0.25, 0.3) is 0 Å². The van der Waals surface area contributed by atoms with E-state index < -0.39 is 11.6 Å². The van der Waals surface area contributed by atoms with E-state index in [9.17, 15) is 8.78 Å². The fraction of sp³-hybridized carbons (Fsp3) is 0.0909. The molecule has 0 fully saturated rings. The van der Waals surface area contributed by atoms with Gasteiger partial charge in [-0.3, -0.25) is 4.98 Å². The number of aromatic nitrogens is 2. The molecule has 2 N–H and O–H groups in total. The van der Waals surface area contributed by atoms with E-state index >= 15 is 0 Å². The number of hydrogen-bond donors (Lipinski definition) is 1. The number of nitrogens with two attached hydrogens (primary N) is 1. The summed E-state index contributed by atoms with van der Waals surface area (Å²) in [5.74, 6) is -1.39. The number of rotatable bonds is 2. The molecule has 6 heteroatoms. The Bertz CT molecular complexity index is 537. The summed E-state index contributed by atoms with van der Waals surface area (Å²) in [6, 6.07) is 2.16. The fourth-order valence-corrected chi connectivity index (χ4v) is 2.09. The molecule has 0 radical (unpaired) electrons. The molecule has 1 aromatic heterocycles. The average molecular weight is 253 g/mol. The van der Waals surface area contributed by atoms with Crippen LogP contribution < -0.4 is 5.73 Å². The van der Waals surface area contributed by atoms with E-state index in [1.54, 1.807) is 6.92 Å². The Labute approximate surface area is 101 Å². The first-order valence-electron chi connectivity index (χ1n) is 4.78. The minimum Gasteiger partial charge on any atom is -0.399 e. The van der Waals surface area contributed by atoms with Crippen molar-refractivity contribution in [1.82, 2.24) is 9.97 Å². The predicted molar refractivity (Wildman–Crippen MR) is 61.7 cm³/mol. The van der Waals surface area contributed by atoms with Crippen molar-refractivity contribution in [2.75, 3.05) is 5.73 Å². The number of aryl methyl sites for hydroxylation is 1. The van der Waals surface area contributed by atoms with Gasteiger partial charge >= 0.3 is 0 Å².